The van der Waals surface area contributed by atoms with Gasteiger partial charge in [-0.15, -0.1) is 0 Å². The molecule has 7 nitrogen and oxygen atoms in total. The second-order valence-electron chi connectivity index (χ2n) is 5.99. The molecule has 10 heteroatoms. The van der Waals surface area contributed by atoms with E-state index in [0.717, 1.165) is 0 Å². The Morgan fingerprint density at radius 2 is 1.79 bits per heavy atom. The normalized spacial score (nSPS) is 13.2. The molecular weight excluding hydrogens is 391 g/mol. The molecule has 0 fully saturated rings. The number of alkyl halides is 3. The van der Waals surface area contributed by atoms with Crippen LogP contribution in [0.2, 0.25) is 0 Å². The van der Waals surface area contributed by atoms with Crippen LogP contribution in [0.25, 0.3) is 0 Å². The third kappa shape index (κ3) is 4.95. The third-order valence-electron chi connectivity index (χ3n) is 3.89. The number of nitrogens with one attached hydrogen (secondary N) is 2. The third-order valence-corrected chi connectivity index (χ3v) is 3.89. The number of carbonyl (C=O) groups excluding carboxylic acids is 2. The molecule has 0 spiro atoms. The lowest BCUT2D eigenvalue weighted by atomic mass is 10.1. The fourth-order valence-corrected chi connectivity index (χ4v) is 2.41. The van der Waals surface area contributed by atoms with Crippen LogP contribution in [-0.2, 0) is 9.53 Å². The minimum absolute atomic E-state index is 0.109. The molecule has 2 N–H and O–H groups in total. The van der Waals surface area contributed by atoms with Gasteiger partial charge in [0.05, 0.1) is 13.7 Å². The molecule has 1 amide bonds. The number of amides is 1. The predicted octanol–water partition coefficient (Wildman–Crippen LogP) is 3.06. The second-order valence-corrected chi connectivity index (χ2v) is 5.99. The van der Waals surface area contributed by atoms with Crippen molar-refractivity contribution in [2.45, 2.75) is 25.7 Å². The summed E-state index contributed by atoms with van der Waals surface area (Å²) < 4.78 is 51.9. The Kier molecular flexibility index (Phi) is 6.68. The number of esters is 1. The van der Waals surface area contributed by atoms with Crippen LogP contribution in [-0.4, -0.2) is 42.4 Å². The molecule has 0 aliphatic rings. The van der Waals surface area contributed by atoms with Crippen LogP contribution < -0.4 is 15.4 Å². The quantitative estimate of drug-likeness (QED) is 0.538. The number of rotatable bonds is 7. The number of aromatic nitrogens is 1. The van der Waals surface area contributed by atoms with Gasteiger partial charge < -0.3 is 20.1 Å². The highest BCUT2D eigenvalue weighted by molar-refractivity contribution is 5.99. The van der Waals surface area contributed by atoms with Gasteiger partial charge in [0.2, 0.25) is 0 Å². The smallest absolute Gasteiger partial charge is 0.441 e. The lowest BCUT2D eigenvalue weighted by Crippen LogP contribution is -2.69. The summed E-state index contributed by atoms with van der Waals surface area (Å²) in [6.45, 7) is 2.68. The van der Waals surface area contributed by atoms with Crippen LogP contribution >= 0.6 is 0 Å². The summed E-state index contributed by atoms with van der Waals surface area (Å²) in [5.41, 5.74) is -3.05. The number of benzene rings is 1. The second kappa shape index (κ2) is 8.80. The summed E-state index contributed by atoms with van der Waals surface area (Å²) in [7, 11) is 1.41. The maximum Gasteiger partial charge on any atom is 0.441 e. The van der Waals surface area contributed by atoms with E-state index in [2.05, 4.69) is 9.72 Å². The summed E-state index contributed by atoms with van der Waals surface area (Å²) in [5.74, 6) is -2.70. The monoisotopic (exact) mass is 411 g/mol. The van der Waals surface area contributed by atoms with Crippen molar-refractivity contribution >= 4 is 17.7 Å². The van der Waals surface area contributed by atoms with Crippen molar-refractivity contribution < 1.29 is 32.2 Å². The molecular formula is C19H20F3N3O4. The zero-order valence-electron chi connectivity index (χ0n) is 16.0. The maximum absolute atomic E-state index is 14.1. The van der Waals surface area contributed by atoms with Gasteiger partial charge in [-0.3, -0.25) is 4.79 Å². The van der Waals surface area contributed by atoms with Gasteiger partial charge in [0.15, 0.2) is 0 Å². The van der Waals surface area contributed by atoms with Crippen LogP contribution in [0.3, 0.4) is 0 Å². The van der Waals surface area contributed by atoms with Gasteiger partial charge in [0, 0.05) is 11.8 Å². The molecule has 0 saturated heterocycles. The van der Waals surface area contributed by atoms with Gasteiger partial charge >= 0.3 is 17.8 Å². The van der Waals surface area contributed by atoms with Crippen molar-refractivity contribution in [3.63, 3.8) is 0 Å². The molecule has 1 heterocycles. The highest BCUT2D eigenvalue weighted by Gasteiger charge is 2.64. The Hall–Kier alpha value is -3.30. The number of pyridine rings is 1. The van der Waals surface area contributed by atoms with E-state index in [4.69, 9.17) is 4.74 Å². The molecule has 0 aliphatic heterocycles. The summed E-state index contributed by atoms with van der Waals surface area (Å²) in [6, 6.07) is 8.23. The minimum atomic E-state index is -5.24. The van der Waals surface area contributed by atoms with E-state index in [0.29, 0.717) is 11.3 Å². The largest absolute Gasteiger partial charge is 0.497 e. The van der Waals surface area contributed by atoms with Crippen molar-refractivity contribution in [2.24, 2.45) is 0 Å². The summed E-state index contributed by atoms with van der Waals surface area (Å²) in [4.78, 5) is 28.7. The molecule has 1 atom stereocenters. The first-order valence-corrected chi connectivity index (χ1v) is 8.54. The minimum Gasteiger partial charge on any atom is -0.497 e. The molecule has 1 aromatic heterocycles. The molecule has 2 aromatic rings. The van der Waals surface area contributed by atoms with E-state index in [1.807, 2.05) is 5.32 Å². The highest BCUT2D eigenvalue weighted by atomic mass is 19.4. The van der Waals surface area contributed by atoms with Crippen LogP contribution in [0.15, 0.2) is 42.6 Å². The lowest BCUT2D eigenvalue weighted by Gasteiger charge is -2.35. The fraction of sp³-hybridized carbons (Fsp3) is 0.316. The Labute approximate surface area is 165 Å². The summed E-state index contributed by atoms with van der Waals surface area (Å²) in [5, 5.41) is 3.76. The van der Waals surface area contributed by atoms with E-state index in [1.165, 1.54) is 50.6 Å². The van der Waals surface area contributed by atoms with Crippen LogP contribution in [0.5, 0.6) is 5.75 Å². The van der Waals surface area contributed by atoms with Gasteiger partial charge in [0.25, 0.3) is 5.91 Å². The SMILES string of the molecule is CCOC(=O)[C@](NC(=O)c1ccc(OC)cc1)(Nc1cc(C)ccn1)C(F)(F)F. The van der Waals surface area contributed by atoms with Crippen LogP contribution in [0.1, 0.15) is 22.8 Å². The first kappa shape index (κ1) is 22.0. The molecule has 0 bridgehead atoms. The zero-order valence-corrected chi connectivity index (χ0v) is 16.0. The van der Waals surface area contributed by atoms with E-state index < -0.39 is 23.7 Å². The number of hydrogen-bond acceptors (Lipinski definition) is 6. The number of halogens is 3. The van der Waals surface area contributed by atoms with Gasteiger partial charge in [-0.25, -0.2) is 9.78 Å². The number of aryl methyl sites for hydroxylation is 1. The van der Waals surface area contributed by atoms with Gasteiger partial charge in [-0.05, 0) is 55.8 Å². The Morgan fingerprint density at radius 3 is 2.31 bits per heavy atom. The molecule has 0 radical (unpaired) electrons. The van der Waals surface area contributed by atoms with Crippen molar-refractivity contribution in [2.75, 3.05) is 19.0 Å². The van der Waals surface area contributed by atoms with Gasteiger partial charge in [-0.1, -0.05) is 0 Å². The standard InChI is InChI=1S/C19H20F3N3O4/c1-4-29-17(27)18(19(20,21)22,24-15-11-12(2)9-10-23-15)25-16(26)13-5-7-14(28-3)8-6-13/h5-11H,4H2,1-3H3,(H,23,24)(H,25,26)/t18-/m1/s1. The van der Waals surface area contributed by atoms with Crippen LogP contribution in [0, 0.1) is 6.92 Å². The number of ether oxygens (including phenoxy) is 2. The summed E-state index contributed by atoms with van der Waals surface area (Å²) >= 11 is 0. The van der Waals surface area contributed by atoms with Crippen LogP contribution in [0.4, 0.5) is 19.0 Å². The topological polar surface area (TPSA) is 89.5 Å². The molecule has 2 rings (SSSR count). The average Bonchev–Trinajstić information content (AvgIpc) is 2.66. The molecule has 156 valence electrons. The van der Waals surface area contributed by atoms with Crippen molar-refractivity contribution in [1.29, 1.82) is 0 Å². The zero-order chi connectivity index (χ0) is 21.7. The lowest BCUT2D eigenvalue weighted by molar-refractivity contribution is -0.204. The number of hydrogen-bond donors (Lipinski definition) is 2. The predicted molar refractivity (Wildman–Crippen MR) is 98.5 cm³/mol. The van der Waals surface area contributed by atoms with Gasteiger partial charge in [-0.2, -0.15) is 13.2 Å². The first-order valence-electron chi connectivity index (χ1n) is 8.54. The molecule has 0 aliphatic carbocycles. The average molecular weight is 411 g/mol. The number of nitrogens with zero attached hydrogens (tertiary/aromatic N) is 1. The number of methoxy groups -OCH3 is 1. The van der Waals surface area contributed by atoms with E-state index in [9.17, 15) is 22.8 Å². The Balaban J connectivity index is 2.48. The number of anilines is 1. The first-order chi connectivity index (χ1) is 13.6. The molecule has 1 aromatic carbocycles. The fourth-order valence-electron chi connectivity index (χ4n) is 2.41. The van der Waals surface area contributed by atoms with E-state index >= 15 is 0 Å². The van der Waals surface area contributed by atoms with E-state index in [-0.39, 0.29) is 18.0 Å². The van der Waals surface area contributed by atoms with Crippen molar-refractivity contribution in [1.82, 2.24) is 10.3 Å². The molecule has 0 unspecified atom stereocenters. The van der Waals surface area contributed by atoms with Crippen molar-refractivity contribution in [3.8, 4) is 5.75 Å². The maximum atomic E-state index is 14.1. The van der Waals surface area contributed by atoms with Crippen molar-refractivity contribution in [3.05, 3.63) is 53.7 Å². The van der Waals surface area contributed by atoms with E-state index in [1.54, 1.807) is 18.3 Å². The highest BCUT2D eigenvalue weighted by Crippen LogP contribution is 2.33. The Bertz CT molecular complexity index is 872. The molecule has 29 heavy (non-hydrogen) atoms. The molecule has 0 saturated carbocycles. The Morgan fingerprint density at radius 1 is 1.14 bits per heavy atom. The van der Waals surface area contributed by atoms with Gasteiger partial charge in [0.1, 0.15) is 11.6 Å². The number of carbonyl (C=O) groups is 2. The summed E-state index contributed by atoms with van der Waals surface area (Å²) in [6.07, 6.45) is -3.97.